The van der Waals surface area contributed by atoms with E-state index in [1.165, 1.54) is 10.8 Å². The Labute approximate surface area is 230 Å². The van der Waals surface area contributed by atoms with E-state index in [4.69, 9.17) is 11.6 Å². The van der Waals surface area contributed by atoms with Crippen LogP contribution in [0.1, 0.15) is 34.7 Å². The van der Waals surface area contributed by atoms with Crippen molar-refractivity contribution < 1.29 is 19.8 Å². The highest BCUT2D eigenvalue weighted by molar-refractivity contribution is 6.31. The van der Waals surface area contributed by atoms with Gasteiger partial charge in [0, 0.05) is 16.8 Å². The Balaban J connectivity index is 1.57. The van der Waals surface area contributed by atoms with Gasteiger partial charge in [0.2, 0.25) is 0 Å². The van der Waals surface area contributed by atoms with E-state index >= 15 is 0 Å². The molecule has 0 saturated carbocycles. The van der Waals surface area contributed by atoms with Crippen molar-refractivity contribution in [3.05, 3.63) is 117 Å². The quantitative estimate of drug-likeness (QED) is 0.220. The smallest absolute Gasteiger partial charge is 0.319 e. The van der Waals surface area contributed by atoms with Crippen LogP contribution in [-0.4, -0.2) is 26.8 Å². The first-order chi connectivity index (χ1) is 18.6. The number of carboxylic acid groups (broad SMARTS) is 1. The molecule has 0 saturated heterocycles. The molecule has 3 aromatic carbocycles. The van der Waals surface area contributed by atoms with Crippen LogP contribution in [0.4, 0.5) is 10.5 Å². The highest BCUT2D eigenvalue weighted by atomic mass is 35.5. The number of amides is 2. The van der Waals surface area contributed by atoms with Crippen molar-refractivity contribution in [2.75, 3.05) is 5.32 Å². The summed E-state index contributed by atoms with van der Waals surface area (Å²) in [5.41, 5.74) is 3.79. The van der Waals surface area contributed by atoms with E-state index in [-0.39, 0.29) is 24.4 Å². The van der Waals surface area contributed by atoms with E-state index in [1.807, 2.05) is 43.3 Å². The zero-order valence-electron chi connectivity index (χ0n) is 21.4. The number of urea groups is 1. The average Bonchev–Trinajstić information content (AvgIpc) is 2.91. The van der Waals surface area contributed by atoms with Crippen LogP contribution in [0.25, 0.3) is 11.1 Å². The molecule has 0 unspecified atom stereocenters. The molecule has 200 valence electrons. The highest BCUT2D eigenvalue weighted by Crippen LogP contribution is 2.27. The van der Waals surface area contributed by atoms with Crippen molar-refractivity contribution >= 4 is 29.3 Å². The first-order valence-corrected chi connectivity index (χ1v) is 12.6. The fraction of sp³-hybridized carbons (Fsp3) is 0.167. The summed E-state index contributed by atoms with van der Waals surface area (Å²) in [6.07, 6.45) is 1.10. The normalized spacial score (nSPS) is 11.6. The molecule has 4 rings (SSSR count). The lowest BCUT2D eigenvalue weighted by Gasteiger charge is -2.19. The van der Waals surface area contributed by atoms with Crippen molar-refractivity contribution in [1.29, 1.82) is 0 Å². The van der Waals surface area contributed by atoms with Crippen molar-refractivity contribution in [2.45, 2.75) is 32.9 Å². The number of nitrogens with zero attached hydrogens (tertiary/aromatic N) is 1. The van der Waals surface area contributed by atoms with Crippen LogP contribution in [0.15, 0.2) is 83.8 Å². The van der Waals surface area contributed by atoms with Crippen molar-refractivity contribution in [3.63, 3.8) is 0 Å². The summed E-state index contributed by atoms with van der Waals surface area (Å²) >= 11 is 6.24. The molecule has 1 heterocycles. The van der Waals surface area contributed by atoms with Crippen molar-refractivity contribution in [3.8, 4) is 16.9 Å². The third-order valence-corrected chi connectivity index (χ3v) is 6.79. The summed E-state index contributed by atoms with van der Waals surface area (Å²) in [5.74, 6) is -1.48. The molecule has 0 fully saturated rings. The van der Waals surface area contributed by atoms with Crippen molar-refractivity contribution in [2.24, 2.45) is 0 Å². The molecule has 4 aromatic rings. The van der Waals surface area contributed by atoms with E-state index in [0.29, 0.717) is 21.7 Å². The number of carbonyl (C=O) groups is 2. The number of halogens is 1. The molecule has 9 heteroatoms. The summed E-state index contributed by atoms with van der Waals surface area (Å²) < 4.78 is 1.34. The third-order valence-electron chi connectivity index (χ3n) is 6.42. The number of aromatic nitrogens is 1. The number of nitrogens with one attached hydrogen (secondary N) is 2. The van der Waals surface area contributed by atoms with Gasteiger partial charge in [-0.2, -0.15) is 0 Å². The van der Waals surface area contributed by atoms with Gasteiger partial charge in [0.1, 0.15) is 5.75 Å². The Morgan fingerprint density at radius 1 is 0.949 bits per heavy atom. The maximum Gasteiger partial charge on any atom is 0.319 e. The molecule has 1 atom stereocenters. The molecule has 0 bridgehead atoms. The third kappa shape index (κ3) is 6.48. The lowest BCUT2D eigenvalue weighted by Crippen LogP contribution is -2.36. The molecule has 2 amide bonds. The van der Waals surface area contributed by atoms with E-state index in [1.54, 1.807) is 43.3 Å². The van der Waals surface area contributed by atoms with Crippen LogP contribution in [0.5, 0.6) is 5.75 Å². The number of hydrogen-bond donors (Lipinski definition) is 4. The molecule has 0 spiro atoms. The second-order valence-electron chi connectivity index (χ2n) is 9.25. The summed E-state index contributed by atoms with van der Waals surface area (Å²) in [4.78, 5) is 37.7. The lowest BCUT2D eigenvalue weighted by molar-refractivity contribution is -0.137. The summed E-state index contributed by atoms with van der Waals surface area (Å²) in [7, 11) is 0. The minimum Gasteiger partial charge on any atom is -0.505 e. The number of pyridine rings is 1. The Morgan fingerprint density at radius 2 is 1.62 bits per heavy atom. The molecule has 0 radical (unpaired) electrons. The molecule has 39 heavy (non-hydrogen) atoms. The Bertz CT molecular complexity index is 1580. The van der Waals surface area contributed by atoms with Gasteiger partial charge in [0.15, 0.2) is 5.69 Å². The van der Waals surface area contributed by atoms with Gasteiger partial charge in [-0.05, 0) is 47.7 Å². The Morgan fingerprint density at radius 3 is 2.28 bits per heavy atom. The minimum atomic E-state index is -1.11. The number of hydrogen-bond acceptors (Lipinski definition) is 4. The Hall–Kier alpha value is -4.56. The largest absolute Gasteiger partial charge is 0.505 e. The average molecular weight is 546 g/mol. The van der Waals surface area contributed by atoms with E-state index in [9.17, 15) is 24.6 Å². The number of aliphatic carboxylic acids is 1. The number of carbonyl (C=O) groups excluding carboxylic acids is 1. The van der Waals surface area contributed by atoms with Gasteiger partial charge >= 0.3 is 12.0 Å². The SMILES string of the molecule is Cc1ccccc1-c1ccc([C@H](CC(=O)O)NC(=O)Nc2c(O)c(C)cn(Cc3ccccc3Cl)c2=O)cc1. The van der Waals surface area contributed by atoms with Gasteiger partial charge in [0.25, 0.3) is 5.56 Å². The number of rotatable bonds is 8. The van der Waals surface area contributed by atoms with Crippen LogP contribution in [-0.2, 0) is 11.3 Å². The van der Waals surface area contributed by atoms with Crippen LogP contribution < -0.4 is 16.2 Å². The predicted octanol–water partition coefficient (Wildman–Crippen LogP) is 5.88. The fourth-order valence-electron chi connectivity index (χ4n) is 4.36. The summed E-state index contributed by atoms with van der Waals surface area (Å²) in [5, 5.41) is 25.5. The molecule has 0 aliphatic carbocycles. The molecule has 4 N–H and O–H groups in total. The Kier molecular flexibility index (Phi) is 8.36. The van der Waals surface area contributed by atoms with Crippen LogP contribution in [0, 0.1) is 13.8 Å². The minimum absolute atomic E-state index is 0.130. The fourth-order valence-corrected chi connectivity index (χ4v) is 4.56. The van der Waals surface area contributed by atoms with Gasteiger partial charge in [-0.3, -0.25) is 9.59 Å². The second kappa shape index (κ2) is 11.9. The zero-order chi connectivity index (χ0) is 28.1. The maximum atomic E-state index is 13.1. The topological polar surface area (TPSA) is 121 Å². The molecule has 1 aromatic heterocycles. The predicted molar refractivity (Wildman–Crippen MR) is 151 cm³/mol. The number of anilines is 1. The summed E-state index contributed by atoms with van der Waals surface area (Å²) in [6.45, 7) is 3.74. The number of aryl methyl sites for hydroxylation is 2. The van der Waals surface area contributed by atoms with Gasteiger partial charge in [-0.1, -0.05) is 78.3 Å². The number of carboxylic acids is 1. The van der Waals surface area contributed by atoms with Gasteiger partial charge in [-0.25, -0.2) is 4.79 Å². The number of benzene rings is 3. The van der Waals surface area contributed by atoms with Gasteiger partial charge < -0.3 is 25.4 Å². The summed E-state index contributed by atoms with van der Waals surface area (Å²) in [6, 6.07) is 20.5. The highest BCUT2D eigenvalue weighted by Gasteiger charge is 2.21. The van der Waals surface area contributed by atoms with Crippen LogP contribution >= 0.6 is 11.6 Å². The second-order valence-corrected chi connectivity index (χ2v) is 9.65. The lowest BCUT2D eigenvalue weighted by atomic mass is 9.97. The first-order valence-electron chi connectivity index (χ1n) is 12.3. The van der Waals surface area contributed by atoms with Gasteiger partial charge in [0.05, 0.1) is 19.0 Å². The number of aromatic hydroxyl groups is 1. The molecule has 8 nitrogen and oxygen atoms in total. The molecular formula is C30H28ClN3O5. The monoisotopic (exact) mass is 545 g/mol. The van der Waals surface area contributed by atoms with Crippen LogP contribution in [0.3, 0.4) is 0 Å². The van der Waals surface area contributed by atoms with Crippen molar-refractivity contribution in [1.82, 2.24) is 9.88 Å². The van der Waals surface area contributed by atoms with E-state index in [2.05, 4.69) is 10.6 Å². The first kappa shape index (κ1) is 27.5. The van der Waals surface area contributed by atoms with E-state index in [0.717, 1.165) is 16.7 Å². The van der Waals surface area contributed by atoms with Gasteiger partial charge in [-0.15, -0.1) is 0 Å². The molecule has 0 aliphatic heterocycles. The van der Waals surface area contributed by atoms with E-state index < -0.39 is 23.6 Å². The zero-order valence-corrected chi connectivity index (χ0v) is 22.2. The molecular weight excluding hydrogens is 518 g/mol. The standard InChI is InChI=1S/C30H28ClN3O5/c1-18-7-3-5-9-23(18)20-11-13-21(14-12-20)25(15-26(35)36)32-30(39)33-27-28(37)19(2)16-34(29(27)38)17-22-8-4-6-10-24(22)31/h3-14,16,25,37H,15,17H2,1-2H3,(H,35,36)(H2,32,33,39)/t25-/m0/s1. The molecule has 0 aliphatic rings. The van der Waals surface area contributed by atoms with Crippen LogP contribution in [0.2, 0.25) is 5.02 Å². The maximum absolute atomic E-state index is 13.1.